The van der Waals surface area contributed by atoms with Crippen LogP contribution >= 0.6 is 31.9 Å². The second-order valence-electron chi connectivity index (χ2n) is 7.22. The maximum absolute atomic E-state index is 11.7. The first-order chi connectivity index (χ1) is 12.5. The number of carbonyl (C=O) groups excluding carboxylic acids is 1. The second-order valence-corrected chi connectivity index (χ2v) is 9.05. The van der Waals surface area contributed by atoms with Crippen LogP contribution < -0.4 is 0 Å². The average Bonchev–Trinajstić information content (AvgIpc) is 2.78. The molecule has 1 amide bonds. The van der Waals surface area contributed by atoms with Crippen molar-refractivity contribution in [2.24, 2.45) is 5.92 Å². The minimum atomic E-state index is 0.175. The lowest BCUT2D eigenvalue weighted by Gasteiger charge is -2.36. The Morgan fingerprint density at radius 2 is 1.50 bits per heavy atom. The smallest absolute Gasteiger partial charge is 0.219 e. The lowest BCUT2D eigenvalue weighted by Crippen LogP contribution is -2.39. The van der Waals surface area contributed by atoms with Gasteiger partial charge in [0, 0.05) is 47.3 Å². The fourth-order valence-corrected chi connectivity index (χ4v) is 5.09. The molecule has 0 aromatic carbocycles. The van der Waals surface area contributed by atoms with E-state index in [4.69, 9.17) is 9.97 Å². The molecular weight excluding hydrogens is 458 g/mol. The van der Waals surface area contributed by atoms with Gasteiger partial charge in [-0.2, -0.15) is 0 Å². The van der Waals surface area contributed by atoms with Crippen LogP contribution in [0, 0.1) is 5.92 Å². The molecular formula is C20H21Br2N3O. The summed E-state index contributed by atoms with van der Waals surface area (Å²) >= 11 is 7.15. The Labute approximate surface area is 170 Å². The maximum Gasteiger partial charge on any atom is 0.219 e. The van der Waals surface area contributed by atoms with Crippen LogP contribution in [0.15, 0.2) is 33.5 Å². The summed E-state index contributed by atoms with van der Waals surface area (Å²) in [5.41, 5.74) is 4.96. The van der Waals surface area contributed by atoms with Crippen molar-refractivity contribution in [1.82, 2.24) is 14.9 Å². The van der Waals surface area contributed by atoms with E-state index in [2.05, 4.69) is 44.0 Å². The molecule has 4 nitrogen and oxygen atoms in total. The monoisotopic (exact) mass is 477 g/mol. The van der Waals surface area contributed by atoms with E-state index in [9.17, 15) is 4.79 Å². The number of amides is 1. The van der Waals surface area contributed by atoms with Crippen molar-refractivity contribution < 1.29 is 4.79 Å². The number of halogens is 2. The number of hydrogen-bond acceptors (Lipinski definition) is 3. The van der Waals surface area contributed by atoms with Crippen molar-refractivity contribution in [3.8, 4) is 0 Å². The third-order valence-electron chi connectivity index (χ3n) is 5.65. The minimum Gasteiger partial charge on any atom is -0.343 e. The number of carbonyl (C=O) groups is 1. The highest BCUT2D eigenvalue weighted by Crippen LogP contribution is 2.42. The fraction of sp³-hybridized carbons (Fsp3) is 0.450. The lowest BCUT2D eigenvalue weighted by molar-refractivity contribution is -0.130. The molecule has 1 saturated heterocycles. The van der Waals surface area contributed by atoms with Crippen molar-refractivity contribution in [2.75, 3.05) is 13.1 Å². The molecule has 0 spiro atoms. The molecule has 0 saturated carbocycles. The highest BCUT2D eigenvalue weighted by atomic mass is 79.9. The number of piperidine rings is 1. The predicted molar refractivity (Wildman–Crippen MR) is 108 cm³/mol. The first kappa shape index (κ1) is 18.1. The molecule has 0 radical (unpaired) electrons. The van der Waals surface area contributed by atoms with Crippen LogP contribution in [0.5, 0.6) is 0 Å². The number of rotatable bonds is 1. The quantitative estimate of drug-likeness (QED) is 0.606. The summed E-state index contributed by atoms with van der Waals surface area (Å²) in [4.78, 5) is 23.3. The standard InChI is InChI=1S/C20H21Br2N3O/c1-12(26)25-6-4-13(5-7-25)18-19-14(8-16(21)10-23-19)2-3-15-9-17(22)11-24-20(15)18/h8-11,13,18H,2-7H2,1H3. The minimum absolute atomic E-state index is 0.175. The molecule has 1 aliphatic carbocycles. The molecule has 0 bridgehead atoms. The Morgan fingerprint density at radius 3 is 1.96 bits per heavy atom. The molecule has 0 N–H and O–H groups in total. The topological polar surface area (TPSA) is 46.1 Å². The van der Waals surface area contributed by atoms with E-state index in [-0.39, 0.29) is 11.8 Å². The largest absolute Gasteiger partial charge is 0.343 e. The Balaban J connectivity index is 1.76. The molecule has 0 atom stereocenters. The van der Waals surface area contributed by atoms with Crippen molar-refractivity contribution >= 4 is 37.8 Å². The first-order valence-corrected chi connectivity index (χ1v) is 10.7. The number of fused-ring (bicyclic) bond motifs is 2. The lowest BCUT2D eigenvalue weighted by atomic mass is 9.78. The Morgan fingerprint density at radius 1 is 1.00 bits per heavy atom. The van der Waals surface area contributed by atoms with E-state index in [1.165, 1.54) is 22.5 Å². The van der Waals surface area contributed by atoms with Gasteiger partial charge in [-0.25, -0.2) is 0 Å². The van der Waals surface area contributed by atoms with Crippen LogP contribution in [-0.4, -0.2) is 33.9 Å². The molecule has 0 unspecified atom stereocenters. The van der Waals surface area contributed by atoms with Gasteiger partial charge in [0.15, 0.2) is 0 Å². The molecule has 1 aliphatic heterocycles. The molecule has 26 heavy (non-hydrogen) atoms. The zero-order valence-electron chi connectivity index (χ0n) is 14.7. The normalized spacial score (nSPS) is 18.2. The number of pyridine rings is 2. The van der Waals surface area contributed by atoms with Crippen molar-refractivity contribution in [2.45, 2.75) is 38.5 Å². The van der Waals surface area contributed by atoms with Crippen LogP contribution in [0.2, 0.25) is 0 Å². The zero-order chi connectivity index (χ0) is 18.3. The van der Waals surface area contributed by atoms with Crippen LogP contribution in [0.1, 0.15) is 48.2 Å². The fourth-order valence-electron chi connectivity index (χ4n) is 4.34. The Hall–Kier alpha value is -1.27. The van der Waals surface area contributed by atoms with Gasteiger partial charge in [0.2, 0.25) is 5.91 Å². The highest BCUT2D eigenvalue weighted by Gasteiger charge is 2.35. The zero-order valence-corrected chi connectivity index (χ0v) is 17.9. The van der Waals surface area contributed by atoms with Gasteiger partial charge in [0.25, 0.3) is 0 Å². The molecule has 2 aliphatic rings. The van der Waals surface area contributed by atoms with Crippen molar-refractivity contribution in [3.05, 3.63) is 56.0 Å². The maximum atomic E-state index is 11.7. The number of aromatic nitrogens is 2. The second kappa shape index (κ2) is 7.39. The molecule has 3 heterocycles. The summed E-state index contributed by atoms with van der Waals surface area (Å²) in [6.07, 6.45) is 7.77. The van der Waals surface area contributed by atoms with Crippen LogP contribution in [0.3, 0.4) is 0 Å². The molecule has 4 rings (SSSR count). The predicted octanol–water partition coefficient (Wildman–Crippen LogP) is 4.49. The first-order valence-electron chi connectivity index (χ1n) is 9.07. The third kappa shape index (κ3) is 3.46. The van der Waals surface area contributed by atoms with Gasteiger partial charge in [0.05, 0.1) is 11.4 Å². The van der Waals surface area contributed by atoms with Gasteiger partial charge in [-0.3, -0.25) is 14.8 Å². The van der Waals surface area contributed by atoms with Crippen LogP contribution in [0.4, 0.5) is 0 Å². The molecule has 6 heteroatoms. The summed E-state index contributed by atoms with van der Waals surface area (Å²) in [5, 5.41) is 0. The van der Waals surface area contributed by atoms with E-state index in [0.29, 0.717) is 5.92 Å². The van der Waals surface area contributed by atoms with Crippen molar-refractivity contribution in [1.29, 1.82) is 0 Å². The van der Waals surface area contributed by atoms with Gasteiger partial charge in [-0.1, -0.05) is 0 Å². The van der Waals surface area contributed by atoms with E-state index in [1.807, 2.05) is 17.3 Å². The van der Waals surface area contributed by atoms with Crippen LogP contribution in [0.25, 0.3) is 0 Å². The van der Waals surface area contributed by atoms with Gasteiger partial charge in [-0.05, 0) is 86.7 Å². The van der Waals surface area contributed by atoms with E-state index >= 15 is 0 Å². The summed E-state index contributed by atoms with van der Waals surface area (Å²) in [6.45, 7) is 3.32. The molecule has 136 valence electrons. The number of hydrogen-bond donors (Lipinski definition) is 0. The molecule has 2 aromatic heterocycles. The Kier molecular flexibility index (Phi) is 5.15. The average molecular weight is 479 g/mol. The van der Waals surface area contributed by atoms with Gasteiger partial charge in [-0.15, -0.1) is 0 Å². The van der Waals surface area contributed by atoms with Gasteiger partial charge >= 0.3 is 0 Å². The van der Waals surface area contributed by atoms with Crippen LogP contribution in [-0.2, 0) is 17.6 Å². The molecule has 2 aromatic rings. The number of aryl methyl sites for hydroxylation is 2. The number of nitrogens with zero attached hydrogens (tertiary/aromatic N) is 3. The SMILES string of the molecule is CC(=O)N1CCC(C2c3ncc(Br)cc3CCc3cc(Br)cnc32)CC1. The Bertz CT molecular complexity index is 793. The van der Waals surface area contributed by atoms with Gasteiger partial charge in [0.1, 0.15) is 0 Å². The summed E-state index contributed by atoms with van der Waals surface area (Å²) in [5.74, 6) is 0.843. The van der Waals surface area contributed by atoms with E-state index < -0.39 is 0 Å². The summed E-state index contributed by atoms with van der Waals surface area (Å²) in [7, 11) is 0. The summed E-state index contributed by atoms with van der Waals surface area (Å²) in [6, 6.07) is 4.42. The number of likely N-dealkylation sites (tertiary alicyclic amines) is 1. The van der Waals surface area contributed by atoms with Crippen molar-refractivity contribution in [3.63, 3.8) is 0 Å². The highest BCUT2D eigenvalue weighted by molar-refractivity contribution is 9.10. The van der Waals surface area contributed by atoms with E-state index in [1.54, 1.807) is 6.92 Å². The molecule has 1 fully saturated rings. The third-order valence-corrected chi connectivity index (χ3v) is 6.51. The van der Waals surface area contributed by atoms with Gasteiger partial charge < -0.3 is 4.90 Å². The summed E-state index contributed by atoms with van der Waals surface area (Å²) < 4.78 is 2.06. The van der Waals surface area contributed by atoms with E-state index in [0.717, 1.165) is 47.7 Å².